The first-order chi connectivity index (χ1) is 12.6. The summed E-state index contributed by atoms with van der Waals surface area (Å²) in [5.74, 6) is 1.14. The van der Waals surface area contributed by atoms with Crippen molar-refractivity contribution in [2.45, 2.75) is 26.8 Å². The van der Waals surface area contributed by atoms with Crippen LogP contribution in [0.1, 0.15) is 18.1 Å². The SMILES string of the molecule is Cc1cccc(Nc2cc(-c3cccnc3)nc(N[C@H](C)CO)n2)c1C. The second kappa shape index (κ2) is 7.93. The summed E-state index contributed by atoms with van der Waals surface area (Å²) >= 11 is 0. The predicted molar refractivity (Wildman–Crippen MR) is 105 cm³/mol. The minimum Gasteiger partial charge on any atom is -0.394 e. The van der Waals surface area contributed by atoms with E-state index >= 15 is 0 Å². The van der Waals surface area contributed by atoms with E-state index in [9.17, 15) is 5.11 Å². The van der Waals surface area contributed by atoms with Gasteiger partial charge >= 0.3 is 0 Å². The van der Waals surface area contributed by atoms with E-state index in [1.54, 1.807) is 12.4 Å². The standard InChI is InChI=1S/C20H23N5O/c1-13-6-4-8-17(15(13)3)23-19-10-18(16-7-5-9-21-11-16)24-20(25-19)22-14(2)12-26/h4-11,14,26H,12H2,1-3H3,(H2,22,23,24,25)/t14-/m1/s1. The van der Waals surface area contributed by atoms with Crippen LogP contribution in [0, 0.1) is 13.8 Å². The van der Waals surface area contributed by atoms with Crippen molar-refractivity contribution in [2.75, 3.05) is 17.2 Å². The van der Waals surface area contributed by atoms with Gasteiger partial charge in [0.25, 0.3) is 0 Å². The van der Waals surface area contributed by atoms with Crippen molar-refractivity contribution in [3.05, 3.63) is 59.9 Å². The first-order valence-corrected chi connectivity index (χ1v) is 8.57. The van der Waals surface area contributed by atoms with Gasteiger partial charge in [-0.2, -0.15) is 4.98 Å². The van der Waals surface area contributed by atoms with Crippen LogP contribution in [0.5, 0.6) is 0 Å². The fourth-order valence-corrected chi connectivity index (χ4v) is 2.53. The van der Waals surface area contributed by atoms with Crippen LogP contribution in [-0.2, 0) is 0 Å². The van der Waals surface area contributed by atoms with Gasteiger partial charge in [0.15, 0.2) is 0 Å². The van der Waals surface area contributed by atoms with Crippen LogP contribution >= 0.6 is 0 Å². The molecule has 0 saturated carbocycles. The number of benzene rings is 1. The van der Waals surface area contributed by atoms with E-state index < -0.39 is 0 Å². The molecule has 0 radical (unpaired) electrons. The Morgan fingerprint density at radius 3 is 2.69 bits per heavy atom. The predicted octanol–water partition coefficient (Wildman–Crippen LogP) is 3.69. The number of hydrogen-bond donors (Lipinski definition) is 3. The van der Waals surface area contributed by atoms with E-state index in [2.05, 4.69) is 45.5 Å². The number of hydrogen-bond acceptors (Lipinski definition) is 6. The zero-order valence-electron chi connectivity index (χ0n) is 15.2. The number of rotatable bonds is 6. The summed E-state index contributed by atoms with van der Waals surface area (Å²) in [5.41, 5.74) is 5.05. The van der Waals surface area contributed by atoms with Crippen LogP contribution in [-0.4, -0.2) is 32.7 Å². The molecule has 2 heterocycles. The lowest BCUT2D eigenvalue weighted by molar-refractivity contribution is 0.281. The Morgan fingerprint density at radius 1 is 1.12 bits per heavy atom. The molecule has 134 valence electrons. The van der Waals surface area contributed by atoms with Gasteiger partial charge in [-0.1, -0.05) is 12.1 Å². The summed E-state index contributed by atoms with van der Waals surface area (Å²) < 4.78 is 0. The maximum absolute atomic E-state index is 9.31. The monoisotopic (exact) mass is 349 g/mol. The lowest BCUT2D eigenvalue weighted by Gasteiger charge is -2.15. The van der Waals surface area contributed by atoms with E-state index in [0.717, 1.165) is 16.9 Å². The number of aliphatic hydroxyl groups excluding tert-OH is 1. The van der Waals surface area contributed by atoms with Gasteiger partial charge in [0, 0.05) is 35.8 Å². The number of pyridine rings is 1. The van der Waals surface area contributed by atoms with Gasteiger partial charge < -0.3 is 15.7 Å². The van der Waals surface area contributed by atoms with Gasteiger partial charge in [-0.25, -0.2) is 4.98 Å². The van der Waals surface area contributed by atoms with E-state index in [1.165, 1.54) is 11.1 Å². The minimum absolute atomic E-state index is 0.000228. The topological polar surface area (TPSA) is 83.0 Å². The Kier molecular flexibility index (Phi) is 5.43. The fourth-order valence-electron chi connectivity index (χ4n) is 2.53. The van der Waals surface area contributed by atoms with Gasteiger partial charge in [0.1, 0.15) is 5.82 Å². The van der Waals surface area contributed by atoms with Crippen molar-refractivity contribution in [1.29, 1.82) is 0 Å². The summed E-state index contributed by atoms with van der Waals surface area (Å²) in [6.07, 6.45) is 3.50. The largest absolute Gasteiger partial charge is 0.394 e. The Bertz CT molecular complexity index is 883. The van der Waals surface area contributed by atoms with E-state index in [-0.39, 0.29) is 12.6 Å². The summed E-state index contributed by atoms with van der Waals surface area (Å²) in [7, 11) is 0. The summed E-state index contributed by atoms with van der Waals surface area (Å²) in [6, 6.07) is 11.7. The second-order valence-corrected chi connectivity index (χ2v) is 6.30. The summed E-state index contributed by atoms with van der Waals surface area (Å²) in [4.78, 5) is 13.3. The molecule has 1 aromatic carbocycles. The lowest BCUT2D eigenvalue weighted by atomic mass is 10.1. The third-order valence-electron chi connectivity index (χ3n) is 4.20. The highest BCUT2D eigenvalue weighted by atomic mass is 16.3. The molecule has 0 amide bonds. The number of aliphatic hydroxyl groups is 1. The molecule has 2 aromatic heterocycles. The van der Waals surface area contributed by atoms with Crippen LogP contribution in [0.2, 0.25) is 0 Å². The molecular formula is C20H23N5O. The molecule has 26 heavy (non-hydrogen) atoms. The number of aromatic nitrogens is 3. The Balaban J connectivity index is 2.00. The first kappa shape index (κ1) is 17.8. The first-order valence-electron chi connectivity index (χ1n) is 8.57. The van der Waals surface area contributed by atoms with Gasteiger partial charge in [0.05, 0.1) is 12.3 Å². The number of anilines is 3. The van der Waals surface area contributed by atoms with Crippen molar-refractivity contribution < 1.29 is 5.11 Å². The average molecular weight is 349 g/mol. The van der Waals surface area contributed by atoms with Crippen LogP contribution in [0.4, 0.5) is 17.5 Å². The third-order valence-corrected chi connectivity index (χ3v) is 4.20. The summed E-state index contributed by atoms with van der Waals surface area (Å²) in [5, 5.41) is 15.8. The van der Waals surface area contributed by atoms with E-state index in [1.807, 2.05) is 37.3 Å². The molecule has 0 bridgehead atoms. The molecule has 6 heteroatoms. The molecule has 0 aliphatic heterocycles. The Hall–Kier alpha value is -2.99. The van der Waals surface area contributed by atoms with Crippen LogP contribution in [0.25, 0.3) is 11.3 Å². The number of aryl methyl sites for hydroxylation is 1. The minimum atomic E-state index is -0.146. The van der Waals surface area contributed by atoms with Gasteiger partial charge in [0.2, 0.25) is 5.95 Å². The number of nitrogens with zero attached hydrogens (tertiary/aromatic N) is 3. The molecule has 1 atom stereocenters. The fraction of sp³-hybridized carbons (Fsp3) is 0.250. The molecule has 0 saturated heterocycles. The van der Waals surface area contributed by atoms with Gasteiger partial charge in [-0.05, 0) is 50.1 Å². The quantitative estimate of drug-likeness (QED) is 0.629. The van der Waals surface area contributed by atoms with Crippen molar-refractivity contribution in [2.24, 2.45) is 0 Å². The van der Waals surface area contributed by atoms with E-state index in [4.69, 9.17) is 0 Å². The van der Waals surface area contributed by atoms with Gasteiger partial charge in [-0.3, -0.25) is 4.98 Å². The van der Waals surface area contributed by atoms with Crippen molar-refractivity contribution in [3.63, 3.8) is 0 Å². The average Bonchev–Trinajstić information content (AvgIpc) is 2.66. The third kappa shape index (κ3) is 4.15. The van der Waals surface area contributed by atoms with Crippen molar-refractivity contribution in [3.8, 4) is 11.3 Å². The van der Waals surface area contributed by atoms with Gasteiger partial charge in [-0.15, -0.1) is 0 Å². The Morgan fingerprint density at radius 2 is 1.96 bits per heavy atom. The highest BCUT2D eigenvalue weighted by molar-refractivity contribution is 5.68. The highest BCUT2D eigenvalue weighted by Gasteiger charge is 2.10. The molecule has 0 unspecified atom stereocenters. The molecule has 3 aromatic rings. The zero-order chi connectivity index (χ0) is 18.5. The molecular weight excluding hydrogens is 326 g/mol. The maximum Gasteiger partial charge on any atom is 0.225 e. The Labute approximate surface area is 153 Å². The molecule has 0 fully saturated rings. The molecule has 3 rings (SSSR count). The smallest absolute Gasteiger partial charge is 0.225 e. The molecule has 6 nitrogen and oxygen atoms in total. The second-order valence-electron chi connectivity index (χ2n) is 6.30. The summed E-state index contributed by atoms with van der Waals surface area (Å²) in [6.45, 7) is 6.03. The zero-order valence-corrected chi connectivity index (χ0v) is 15.2. The van der Waals surface area contributed by atoms with Crippen LogP contribution in [0.3, 0.4) is 0 Å². The lowest BCUT2D eigenvalue weighted by Crippen LogP contribution is -2.21. The maximum atomic E-state index is 9.31. The molecule has 0 aliphatic carbocycles. The van der Waals surface area contributed by atoms with Crippen LogP contribution < -0.4 is 10.6 Å². The van der Waals surface area contributed by atoms with Crippen LogP contribution in [0.15, 0.2) is 48.8 Å². The van der Waals surface area contributed by atoms with Crippen molar-refractivity contribution in [1.82, 2.24) is 15.0 Å². The number of nitrogens with one attached hydrogen (secondary N) is 2. The molecule has 3 N–H and O–H groups in total. The molecule has 0 aliphatic rings. The van der Waals surface area contributed by atoms with E-state index in [0.29, 0.717) is 11.8 Å². The molecule has 0 spiro atoms. The van der Waals surface area contributed by atoms with Crippen molar-refractivity contribution >= 4 is 17.5 Å². The normalized spacial score (nSPS) is 11.8. The highest BCUT2D eigenvalue weighted by Crippen LogP contribution is 2.26.